The Morgan fingerprint density at radius 3 is 3.00 bits per heavy atom. The normalized spacial score (nSPS) is 17.3. The summed E-state index contributed by atoms with van der Waals surface area (Å²) in [4.78, 5) is 12.7. The molecule has 0 spiro atoms. The van der Waals surface area contributed by atoms with Gasteiger partial charge in [-0.1, -0.05) is 0 Å². The van der Waals surface area contributed by atoms with Crippen molar-refractivity contribution in [1.82, 2.24) is 0 Å². The van der Waals surface area contributed by atoms with Gasteiger partial charge in [-0.25, -0.2) is 9.18 Å². The van der Waals surface area contributed by atoms with E-state index in [1.807, 2.05) is 5.38 Å². The van der Waals surface area contributed by atoms with Gasteiger partial charge in [-0.3, -0.25) is 0 Å². The Hall–Kier alpha value is -2.08. The summed E-state index contributed by atoms with van der Waals surface area (Å²) in [5.74, 6) is -1.94. The van der Waals surface area contributed by atoms with Crippen LogP contribution in [0.3, 0.4) is 0 Å². The number of benzene rings is 1. The van der Waals surface area contributed by atoms with Crippen molar-refractivity contribution in [1.29, 1.82) is 0 Å². The van der Waals surface area contributed by atoms with Gasteiger partial charge in [-0.2, -0.15) is 0 Å². The van der Waals surface area contributed by atoms with Crippen LogP contribution >= 0.6 is 11.3 Å². The maximum absolute atomic E-state index is 13.5. The van der Waals surface area contributed by atoms with Gasteiger partial charge in [0.1, 0.15) is 11.4 Å². The van der Waals surface area contributed by atoms with Gasteiger partial charge in [0, 0.05) is 4.88 Å². The van der Waals surface area contributed by atoms with E-state index in [0.717, 1.165) is 19.3 Å². The van der Waals surface area contributed by atoms with Crippen LogP contribution in [-0.4, -0.2) is 11.1 Å². The van der Waals surface area contributed by atoms with Crippen molar-refractivity contribution in [2.75, 3.05) is 11.1 Å². The van der Waals surface area contributed by atoms with Crippen molar-refractivity contribution >= 4 is 28.7 Å². The van der Waals surface area contributed by atoms with Crippen LogP contribution in [0.4, 0.5) is 15.8 Å². The molecule has 1 atom stereocenters. The van der Waals surface area contributed by atoms with Crippen LogP contribution in [0.25, 0.3) is 0 Å². The van der Waals surface area contributed by atoms with E-state index in [-0.39, 0.29) is 17.3 Å². The summed E-state index contributed by atoms with van der Waals surface area (Å²) in [5, 5.41) is 14.5. The van der Waals surface area contributed by atoms with Crippen molar-refractivity contribution in [3.8, 4) is 0 Å². The van der Waals surface area contributed by atoms with Crippen molar-refractivity contribution < 1.29 is 14.3 Å². The monoisotopic (exact) mass is 306 g/mol. The van der Waals surface area contributed by atoms with E-state index in [4.69, 9.17) is 5.73 Å². The summed E-state index contributed by atoms with van der Waals surface area (Å²) in [6, 6.07) is 4.74. The number of carboxylic acid groups (broad SMARTS) is 1. The second kappa shape index (κ2) is 5.37. The molecule has 0 amide bonds. The number of halogens is 1. The summed E-state index contributed by atoms with van der Waals surface area (Å²) < 4.78 is 13.5. The van der Waals surface area contributed by atoms with Crippen molar-refractivity contribution in [2.45, 2.75) is 25.3 Å². The van der Waals surface area contributed by atoms with Crippen LogP contribution in [0.5, 0.6) is 0 Å². The number of nitrogen functional groups attached to an aromatic ring is 1. The SMILES string of the molecule is Nc1c(F)ccc(NC2CCCc3sccc32)c1C(=O)O. The molecule has 0 radical (unpaired) electrons. The van der Waals surface area contributed by atoms with E-state index in [2.05, 4.69) is 11.4 Å². The molecule has 2 aromatic rings. The summed E-state index contributed by atoms with van der Waals surface area (Å²) in [5.41, 5.74) is 6.61. The fourth-order valence-electron chi connectivity index (χ4n) is 2.77. The zero-order valence-electron chi connectivity index (χ0n) is 11.2. The lowest BCUT2D eigenvalue weighted by Gasteiger charge is -2.25. The molecule has 1 unspecified atom stereocenters. The van der Waals surface area contributed by atoms with Crippen molar-refractivity contribution in [3.63, 3.8) is 0 Å². The minimum Gasteiger partial charge on any atom is -0.478 e. The number of rotatable bonds is 3. The molecule has 110 valence electrons. The number of hydrogen-bond acceptors (Lipinski definition) is 4. The quantitative estimate of drug-likeness (QED) is 0.757. The number of carbonyl (C=O) groups is 1. The number of thiophene rings is 1. The smallest absolute Gasteiger partial charge is 0.340 e. The highest BCUT2D eigenvalue weighted by atomic mass is 32.1. The van der Waals surface area contributed by atoms with E-state index in [1.54, 1.807) is 11.3 Å². The Balaban J connectivity index is 1.97. The third-order valence-electron chi connectivity index (χ3n) is 3.79. The lowest BCUT2D eigenvalue weighted by Crippen LogP contribution is -2.18. The highest BCUT2D eigenvalue weighted by Crippen LogP contribution is 2.37. The number of hydrogen-bond donors (Lipinski definition) is 3. The molecule has 1 aromatic heterocycles. The molecule has 1 aromatic carbocycles. The van der Waals surface area contributed by atoms with E-state index in [1.165, 1.54) is 22.6 Å². The minimum absolute atomic E-state index is 0.0444. The van der Waals surface area contributed by atoms with Gasteiger partial charge in [0.15, 0.2) is 0 Å². The van der Waals surface area contributed by atoms with Crippen LogP contribution in [-0.2, 0) is 6.42 Å². The largest absolute Gasteiger partial charge is 0.478 e. The van der Waals surface area contributed by atoms with Crippen molar-refractivity contribution in [3.05, 3.63) is 45.4 Å². The third-order valence-corrected chi connectivity index (χ3v) is 4.78. The van der Waals surface area contributed by atoms with E-state index in [0.29, 0.717) is 5.69 Å². The first-order valence-corrected chi connectivity index (χ1v) is 7.60. The zero-order valence-corrected chi connectivity index (χ0v) is 12.0. The first-order chi connectivity index (χ1) is 10.1. The van der Waals surface area contributed by atoms with Crippen molar-refractivity contribution in [2.24, 2.45) is 0 Å². The summed E-state index contributed by atoms with van der Waals surface area (Å²) in [6.45, 7) is 0. The number of aryl methyl sites for hydroxylation is 1. The molecule has 4 N–H and O–H groups in total. The first-order valence-electron chi connectivity index (χ1n) is 6.72. The molecule has 0 saturated heterocycles. The maximum Gasteiger partial charge on any atom is 0.340 e. The Labute approximate surface area is 125 Å². The Morgan fingerprint density at radius 1 is 1.43 bits per heavy atom. The van der Waals surface area contributed by atoms with Crippen LogP contribution < -0.4 is 11.1 Å². The lowest BCUT2D eigenvalue weighted by atomic mass is 9.93. The summed E-state index contributed by atoms with van der Waals surface area (Å²) in [7, 11) is 0. The topological polar surface area (TPSA) is 75.3 Å². The molecule has 0 aliphatic heterocycles. The number of carboxylic acids is 1. The van der Waals surface area contributed by atoms with Gasteiger partial charge in [0.2, 0.25) is 0 Å². The molecule has 6 heteroatoms. The molecular formula is C15H15FN2O2S. The van der Waals surface area contributed by atoms with E-state index in [9.17, 15) is 14.3 Å². The number of anilines is 2. The second-order valence-corrected chi connectivity index (χ2v) is 6.08. The molecule has 4 nitrogen and oxygen atoms in total. The molecule has 0 bridgehead atoms. The first kappa shape index (κ1) is 13.9. The average molecular weight is 306 g/mol. The Bertz CT molecular complexity index is 699. The number of fused-ring (bicyclic) bond motifs is 1. The predicted octanol–water partition coefficient (Wildman–Crippen LogP) is 3.66. The Kier molecular flexibility index (Phi) is 3.55. The van der Waals surface area contributed by atoms with Gasteiger partial charge >= 0.3 is 5.97 Å². The predicted molar refractivity (Wildman–Crippen MR) is 81.4 cm³/mol. The van der Waals surface area contributed by atoms with Gasteiger partial charge in [0.05, 0.1) is 17.4 Å². The van der Waals surface area contributed by atoms with Crippen LogP contribution in [0.1, 0.15) is 39.7 Å². The van der Waals surface area contributed by atoms with Crippen LogP contribution in [0.2, 0.25) is 0 Å². The van der Waals surface area contributed by atoms with Gasteiger partial charge < -0.3 is 16.2 Å². The zero-order chi connectivity index (χ0) is 15.0. The lowest BCUT2D eigenvalue weighted by molar-refractivity contribution is 0.0698. The standard InChI is InChI=1S/C15H15FN2O2S/c16-9-4-5-11(13(14(9)17)15(19)20)18-10-2-1-3-12-8(10)6-7-21-12/h4-7,10,18H,1-3,17H2,(H,19,20). The third kappa shape index (κ3) is 2.47. The number of nitrogens with one attached hydrogen (secondary N) is 1. The molecule has 0 saturated carbocycles. The maximum atomic E-state index is 13.5. The summed E-state index contributed by atoms with van der Waals surface area (Å²) in [6.07, 6.45) is 3.02. The molecule has 1 aliphatic carbocycles. The van der Waals surface area contributed by atoms with Crippen LogP contribution in [0.15, 0.2) is 23.6 Å². The highest BCUT2D eigenvalue weighted by Gasteiger charge is 2.24. The average Bonchev–Trinajstić information content (AvgIpc) is 2.92. The molecule has 1 heterocycles. The highest BCUT2D eigenvalue weighted by molar-refractivity contribution is 7.10. The molecule has 21 heavy (non-hydrogen) atoms. The van der Waals surface area contributed by atoms with Crippen LogP contribution in [0, 0.1) is 5.82 Å². The van der Waals surface area contributed by atoms with E-state index < -0.39 is 11.8 Å². The van der Waals surface area contributed by atoms with Gasteiger partial charge in [-0.05, 0) is 48.4 Å². The Morgan fingerprint density at radius 2 is 2.24 bits per heavy atom. The molecule has 0 fully saturated rings. The molecule has 3 rings (SSSR count). The molecule has 1 aliphatic rings. The summed E-state index contributed by atoms with van der Waals surface area (Å²) >= 11 is 1.71. The van der Waals surface area contributed by atoms with Gasteiger partial charge in [0.25, 0.3) is 0 Å². The fraction of sp³-hybridized carbons (Fsp3) is 0.267. The number of nitrogens with two attached hydrogens (primary N) is 1. The van der Waals surface area contributed by atoms with E-state index >= 15 is 0 Å². The number of aromatic carboxylic acids is 1. The molecular weight excluding hydrogens is 291 g/mol. The second-order valence-electron chi connectivity index (χ2n) is 5.08. The van der Waals surface area contributed by atoms with Gasteiger partial charge in [-0.15, -0.1) is 11.3 Å². The fourth-order valence-corrected chi connectivity index (χ4v) is 3.76. The minimum atomic E-state index is -1.23.